The first-order valence-electron chi connectivity index (χ1n) is 18.5. The number of thiophene rings is 1. The minimum Gasteiger partial charge on any atom is -0.310 e. The molecule has 2 aliphatic rings. The minimum absolute atomic E-state index is 1.09. The van der Waals surface area contributed by atoms with E-state index in [1.807, 2.05) is 11.3 Å². The molecule has 0 fully saturated rings. The summed E-state index contributed by atoms with van der Waals surface area (Å²) < 4.78 is 2.78. The molecule has 0 aliphatic carbocycles. The number of benzene rings is 8. The van der Waals surface area contributed by atoms with Crippen LogP contribution in [0.5, 0.6) is 0 Å². The highest BCUT2D eigenvalue weighted by Gasteiger charge is 2.36. The Morgan fingerprint density at radius 3 is 1.91 bits per heavy atom. The molecule has 0 amide bonds. The third-order valence-corrected chi connectivity index (χ3v) is 18.8. The standard InChI is InChI=1S/C50H39NS3/c1-53(2)45-19-10-8-16-40(45)43-30-35(25-28-46(43)53)51(34-22-20-33(21-23-34)38-17-11-13-32-12-5-6-14-37(32)38)36-24-26-42-48(31-36)54(3,4)47-29-27-41-39-15-7-9-18-44(39)52-50(41)49(42)47/h5-31H,1-4H3. The highest BCUT2D eigenvalue weighted by molar-refractivity contribution is 8.33. The van der Waals surface area contributed by atoms with Gasteiger partial charge in [0, 0.05) is 62.4 Å². The summed E-state index contributed by atoms with van der Waals surface area (Å²) in [6, 6.07) is 61.8. The molecule has 1 nitrogen and oxygen atoms in total. The Labute approximate surface area is 324 Å². The lowest BCUT2D eigenvalue weighted by atomic mass is 9.98. The Bertz CT molecular complexity index is 3000. The molecule has 54 heavy (non-hydrogen) atoms. The van der Waals surface area contributed by atoms with E-state index in [1.54, 1.807) is 0 Å². The van der Waals surface area contributed by atoms with Crippen molar-refractivity contribution in [2.75, 3.05) is 29.9 Å². The molecule has 9 aromatic rings. The number of nitrogens with zero attached hydrogens (tertiary/aromatic N) is 1. The molecule has 0 saturated carbocycles. The van der Waals surface area contributed by atoms with Crippen molar-refractivity contribution in [1.29, 1.82) is 0 Å². The van der Waals surface area contributed by atoms with Gasteiger partial charge < -0.3 is 4.90 Å². The maximum atomic E-state index is 2.51. The van der Waals surface area contributed by atoms with Crippen LogP contribution in [-0.4, -0.2) is 25.0 Å². The summed E-state index contributed by atoms with van der Waals surface area (Å²) in [6.45, 7) is 0. The maximum absolute atomic E-state index is 2.51. The second-order valence-electron chi connectivity index (χ2n) is 15.3. The average Bonchev–Trinajstić information content (AvgIpc) is 3.78. The zero-order chi connectivity index (χ0) is 36.3. The first-order chi connectivity index (χ1) is 26.3. The van der Waals surface area contributed by atoms with Gasteiger partial charge in [0.25, 0.3) is 0 Å². The van der Waals surface area contributed by atoms with Crippen molar-refractivity contribution in [2.45, 2.75) is 19.6 Å². The Morgan fingerprint density at radius 1 is 0.407 bits per heavy atom. The Morgan fingerprint density at radius 2 is 1.04 bits per heavy atom. The fourth-order valence-electron chi connectivity index (χ4n) is 9.13. The van der Waals surface area contributed by atoms with E-state index in [0.29, 0.717) is 0 Å². The van der Waals surface area contributed by atoms with Crippen molar-refractivity contribution in [1.82, 2.24) is 0 Å². The Balaban J connectivity index is 1.10. The fourth-order valence-corrected chi connectivity index (χ4v) is 15.5. The highest BCUT2D eigenvalue weighted by atomic mass is 32.3. The number of rotatable bonds is 4. The van der Waals surface area contributed by atoms with Crippen molar-refractivity contribution < 1.29 is 0 Å². The lowest BCUT2D eigenvalue weighted by Gasteiger charge is -2.31. The van der Waals surface area contributed by atoms with Gasteiger partial charge in [0.2, 0.25) is 0 Å². The van der Waals surface area contributed by atoms with E-state index < -0.39 is 20.1 Å². The molecule has 0 radical (unpaired) electrons. The monoisotopic (exact) mass is 749 g/mol. The van der Waals surface area contributed by atoms with Gasteiger partial charge in [-0.05, 0) is 124 Å². The summed E-state index contributed by atoms with van der Waals surface area (Å²) in [7, 11) is -2.35. The van der Waals surface area contributed by atoms with Crippen LogP contribution in [0.25, 0.3) is 64.3 Å². The van der Waals surface area contributed by atoms with Crippen LogP contribution in [0.4, 0.5) is 17.1 Å². The van der Waals surface area contributed by atoms with Crippen molar-refractivity contribution in [3.63, 3.8) is 0 Å². The molecule has 0 spiro atoms. The molecule has 262 valence electrons. The first-order valence-corrected chi connectivity index (χ1v) is 24.2. The van der Waals surface area contributed by atoms with Crippen molar-refractivity contribution in [2.24, 2.45) is 0 Å². The Hall–Kier alpha value is -5.26. The number of hydrogen-bond donors (Lipinski definition) is 0. The van der Waals surface area contributed by atoms with Crippen LogP contribution in [0.15, 0.2) is 183 Å². The third-order valence-electron chi connectivity index (χ3n) is 11.8. The predicted molar refractivity (Wildman–Crippen MR) is 240 cm³/mol. The molecule has 2 aliphatic heterocycles. The van der Waals surface area contributed by atoms with Gasteiger partial charge in [-0.15, -0.1) is 11.3 Å². The van der Waals surface area contributed by atoms with Gasteiger partial charge in [-0.3, -0.25) is 0 Å². The molecule has 0 atom stereocenters. The molecule has 0 unspecified atom stereocenters. The summed E-state index contributed by atoms with van der Waals surface area (Å²) in [4.78, 5) is 8.41. The van der Waals surface area contributed by atoms with E-state index >= 15 is 0 Å². The van der Waals surface area contributed by atoms with E-state index in [9.17, 15) is 0 Å². The van der Waals surface area contributed by atoms with Crippen LogP contribution in [0, 0.1) is 0 Å². The van der Waals surface area contributed by atoms with Crippen LogP contribution >= 0.6 is 31.4 Å². The van der Waals surface area contributed by atoms with Gasteiger partial charge in [-0.2, -0.15) is 20.1 Å². The van der Waals surface area contributed by atoms with E-state index in [2.05, 4.69) is 194 Å². The van der Waals surface area contributed by atoms with Gasteiger partial charge in [0.05, 0.1) is 0 Å². The lowest BCUT2D eigenvalue weighted by Crippen LogP contribution is -2.11. The SMILES string of the molecule is CS1(C)c2ccccc2-c2cc(N(c3ccc(-c4cccc5ccccc45)cc3)c3ccc4c(c3)S(C)(C)c3ccc5c(sc6ccccc65)c3-4)ccc21. The second-order valence-corrected chi connectivity index (χ2v) is 23.5. The smallest absolute Gasteiger partial charge is 0.0472 e. The van der Waals surface area contributed by atoms with Gasteiger partial charge >= 0.3 is 0 Å². The van der Waals surface area contributed by atoms with Crippen molar-refractivity contribution in [3.8, 4) is 33.4 Å². The molecule has 4 heteroatoms. The molecule has 0 bridgehead atoms. The lowest BCUT2D eigenvalue weighted by molar-refractivity contribution is 1.25. The van der Waals surface area contributed by atoms with Crippen LogP contribution in [-0.2, 0) is 0 Å². The third kappa shape index (κ3) is 4.54. The molecular formula is C50H39NS3. The molecule has 3 heterocycles. The highest BCUT2D eigenvalue weighted by Crippen LogP contribution is 2.70. The summed E-state index contributed by atoms with van der Waals surface area (Å²) in [6.07, 6.45) is 9.86. The van der Waals surface area contributed by atoms with Crippen LogP contribution in [0.1, 0.15) is 0 Å². The molecule has 1 aromatic heterocycles. The van der Waals surface area contributed by atoms with Gasteiger partial charge in [-0.25, -0.2) is 0 Å². The normalized spacial score (nSPS) is 15.8. The van der Waals surface area contributed by atoms with Crippen LogP contribution < -0.4 is 4.90 Å². The fraction of sp³-hybridized carbons (Fsp3) is 0.0800. The number of fused-ring (bicyclic) bond motifs is 11. The van der Waals surface area contributed by atoms with Gasteiger partial charge in [-0.1, -0.05) is 103 Å². The Kier molecular flexibility index (Phi) is 6.93. The van der Waals surface area contributed by atoms with Crippen molar-refractivity contribution >= 4 is 79.4 Å². The van der Waals surface area contributed by atoms with Crippen LogP contribution in [0.3, 0.4) is 0 Å². The second kappa shape index (κ2) is 11.6. The molecule has 0 saturated heterocycles. The molecule has 11 rings (SSSR count). The maximum Gasteiger partial charge on any atom is 0.0472 e. The molecule has 0 N–H and O–H groups in total. The predicted octanol–water partition coefficient (Wildman–Crippen LogP) is 15.3. The summed E-state index contributed by atoms with van der Waals surface area (Å²) in [5.74, 6) is 0. The van der Waals surface area contributed by atoms with E-state index in [1.165, 1.54) is 95.3 Å². The van der Waals surface area contributed by atoms with Gasteiger partial charge in [0.15, 0.2) is 0 Å². The molecule has 8 aromatic carbocycles. The van der Waals surface area contributed by atoms with E-state index in [4.69, 9.17) is 0 Å². The van der Waals surface area contributed by atoms with E-state index in [0.717, 1.165) is 5.69 Å². The summed E-state index contributed by atoms with van der Waals surface area (Å²) in [5, 5.41) is 5.28. The number of hydrogen-bond acceptors (Lipinski definition) is 2. The van der Waals surface area contributed by atoms with Gasteiger partial charge in [0.1, 0.15) is 0 Å². The first kappa shape index (κ1) is 32.2. The average molecular weight is 750 g/mol. The van der Waals surface area contributed by atoms with E-state index in [-0.39, 0.29) is 0 Å². The topological polar surface area (TPSA) is 3.24 Å². The zero-order valence-corrected chi connectivity index (χ0v) is 33.2. The molecular weight excluding hydrogens is 711 g/mol. The van der Waals surface area contributed by atoms with Crippen molar-refractivity contribution in [3.05, 3.63) is 164 Å². The zero-order valence-electron chi connectivity index (χ0n) is 30.8. The minimum atomic E-state index is -1.26. The summed E-state index contributed by atoms with van der Waals surface area (Å²) >= 11 is 1.95. The number of anilines is 3. The quantitative estimate of drug-likeness (QED) is 0.173. The van der Waals surface area contributed by atoms with Crippen LogP contribution in [0.2, 0.25) is 0 Å². The summed E-state index contributed by atoms with van der Waals surface area (Å²) in [5.41, 5.74) is 11.6. The largest absolute Gasteiger partial charge is 0.310 e.